The van der Waals surface area contributed by atoms with Gasteiger partial charge in [0, 0.05) is 13.6 Å². The number of amidine groups is 1. The van der Waals surface area contributed by atoms with Crippen LogP contribution in [0.2, 0.25) is 0 Å². The van der Waals surface area contributed by atoms with Crippen molar-refractivity contribution in [2.75, 3.05) is 19.4 Å². The number of carbonyl (C=O) groups is 3. The maximum absolute atomic E-state index is 13.2. The molecule has 0 aromatic heterocycles. The van der Waals surface area contributed by atoms with E-state index in [0.29, 0.717) is 5.17 Å². The van der Waals surface area contributed by atoms with Crippen LogP contribution in [0.25, 0.3) is 0 Å². The lowest BCUT2D eigenvalue weighted by Gasteiger charge is -2.36. The second kappa shape index (κ2) is 7.95. The predicted molar refractivity (Wildman–Crippen MR) is 97.3 cm³/mol. The number of esters is 1. The Morgan fingerprint density at radius 2 is 2.04 bits per heavy atom. The Morgan fingerprint density at radius 1 is 1.33 bits per heavy atom. The van der Waals surface area contributed by atoms with Gasteiger partial charge < -0.3 is 14.5 Å². The van der Waals surface area contributed by atoms with Crippen LogP contribution < -0.4 is 5.32 Å². The van der Waals surface area contributed by atoms with E-state index in [-0.39, 0.29) is 24.7 Å². The Hall–Kier alpha value is -2.62. The minimum atomic E-state index is -0.720. The molecule has 1 fully saturated rings. The van der Waals surface area contributed by atoms with Crippen LogP contribution in [-0.4, -0.2) is 64.5 Å². The molecule has 2 aliphatic heterocycles. The molecule has 8 nitrogen and oxygen atoms in total. The van der Waals surface area contributed by atoms with Gasteiger partial charge in [-0.25, -0.2) is 14.2 Å². The van der Waals surface area contributed by atoms with E-state index in [0.717, 1.165) is 17.3 Å². The number of carbonyl (C=O) groups excluding carboxylic acids is 3. The number of nitrogens with one attached hydrogen (secondary N) is 1. The molecule has 3 rings (SSSR count). The highest BCUT2D eigenvalue weighted by atomic mass is 32.2. The standard InChI is InChI=1S/C17H19FN4O4S/c1-3-26-12(23)9-27-17-19-14-13(15(24)20-16(25)21(14)2)22(17)8-10-4-6-11(18)7-5-10/h4-7,13-14H,3,8-9H2,1-2H3,(H,20,24,25). The smallest absolute Gasteiger partial charge is 0.325 e. The summed E-state index contributed by atoms with van der Waals surface area (Å²) >= 11 is 1.14. The quantitative estimate of drug-likeness (QED) is 0.754. The molecule has 0 aliphatic carbocycles. The number of hydrogen-bond donors (Lipinski definition) is 1. The lowest BCUT2D eigenvalue weighted by molar-refractivity contribution is -0.139. The summed E-state index contributed by atoms with van der Waals surface area (Å²) in [7, 11) is 1.55. The first kappa shape index (κ1) is 19.2. The number of ether oxygens (including phenoxy) is 1. The normalized spacial score (nSPS) is 21.7. The molecular formula is C17H19FN4O4S. The molecule has 0 radical (unpaired) electrons. The first-order chi connectivity index (χ1) is 12.9. The molecule has 1 N–H and O–H groups in total. The van der Waals surface area contributed by atoms with E-state index in [2.05, 4.69) is 10.3 Å². The fourth-order valence-electron chi connectivity index (χ4n) is 2.90. The molecule has 10 heteroatoms. The lowest BCUT2D eigenvalue weighted by atomic mass is 10.1. The zero-order valence-electron chi connectivity index (χ0n) is 14.8. The van der Waals surface area contributed by atoms with Crippen LogP contribution in [0.5, 0.6) is 0 Å². The van der Waals surface area contributed by atoms with Crippen molar-refractivity contribution in [3.8, 4) is 0 Å². The molecule has 2 unspecified atom stereocenters. The van der Waals surface area contributed by atoms with E-state index in [1.54, 1.807) is 31.0 Å². The average Bonchev–Trinajstić information content (AvgIpc) is 2.99. The van der Waals surface area contributed by atoms with Gasteiger partial charge in [-0.2, -0.15) is 0 Å². The van der Waals surface area contributed by atoms with Gasteiger partial charge in [-0.3, -0.25) is 14.9 Å². The number of fused-ring (bicyclic) bond motifs is 1. The monoisotopic (exact) mass is 394 g/mol. The van der Waals surface area contributed by atoms with Crippen LogP contribution in [0.4, 0.5) is 9.18 Å². The highest BCUT2D eigenvalue weighted by molar-refractivity contribution is 8.14. The van der Waals surface area contributed by atoms with Crippen LogP contribution in [-0.2, 0) is 20.9 Å². The second-order valence-electron chi connectivity index (χ2n) is 6.02. The van der Waals surface area contributed by atoms with Gasteiger partial charge in [0.2, 0.25) is 0 Å². The highest BCUT2D eigenvalue weighted by Crippen LogP contribution is 2.30. The number of rotatable bonds is 5. The van der Waals surface area contributed by atoms with E-state index >= 15 is 0 Å². The Kier molecular flexibility index (Phi) is 5.64. The Bertz CT molecular complexity index is 786. The minimum absolute atomic E-state index is 0.0330. The molecule has 2 heterocycles. The topological polar surface area (TPSA) is 91.3 Å². The number of benzene rings is 1. The van der Waals surface area contributed by atoms with Crippen molar-refractivity contribution < 1.29 is 23.5 Å². The van der Waals surface area contributed by atoms with Gasteiger partial charge in [0.05, 0.1) is 12.4 Å². The first-order valence-corrected chi connectivity index (χ1v) is 9.34. The Labute approximate surface area is 159 Å². The van der Waals surface area contributed by atoms with E-state index < -0.39 is 30.1 Å². The van der Waals surface area contributed by atoms with Crippen molar-refractivity contribution in [3.63, 3.8) is 0 Å². The minimum Gasteiger partial charge on any atom is -0.465 e. The van der Waals surface area contributed by atoms with Crippen LogP contribution in [0.15, 0.2) is 29.3 Å². The molecule has 1 aromatic carbocycles. The third-order valence-electron chi connectivity index (χ3n) is 4.21. The molecule has 3 amide bonds. The third-order valence-corrected chi connectivity index (χ3v) is 5.19. The van der Waals surface area contributed by atoms with E-state index in [9.17, 15) is 18.8 Å². The number of halogens is 1. The van der Waals surface area contributed by atoms with Crippen LogP contribution in [0.3, 0.4) is 0 Å². The summed E-state index contributed by atoms with van der Waals surface area (Å²) in [6.45, 7) is 2.28. The largest absolute Gasteiger partial charge is 0.465 e. The number of nitrogens with zero attached hydrogens (tertiary/aromatic N) is 3. The second-order valence-corrected chi connectivity index (χ2v) is 6.97. The number of likely N-dealkylation sites (N-methyl/N-ethyl adjacent to an activating group) is 1. The van der Waals surface area contributed by atoms with Gasteiger partial charge in [0.1, 0.15) is 5.82 Å². The van der Waals surface area contributed by atoms with Crippen molar-refractivity contribution in [2.24, 2.45) is 4.99 Å². The van der Waals surface area contributed by atoms with Crippen molar-refractivity contribution in [3.05, 3.63) is 35.6 Å². The zero-order chi connectivity index (χ0) is 19.6. The molecule has 1 saturated heterocycles. The molecular weight excluding hydrogens is 375 g/mol. The predicted octanol–water partition coefficient (Wildman–Crippen LogP) is 1.17. The summed E-state index contributed by atoms with van der Waals surface area (Å²) in [4.78, 5) is 43.6. The third kappa shape index (κ3) is 4.05. The number of urea groups is 1. The number of aliphatic imine (C=N–C) groups is 1. The summed E-state index contributed by atoms with van der Waals surface area (Å²) in [5.74, 6) is -1.17. The molecule has 0 saturated carbocycles. The Balaban J connectivity index is 1.84. The van der Waals surface area contributed by atoms with Crippen molar-refractivity contribution in [1.82, 2.24) is 15.1 Å². The molecule has 27 heavy (non-hydrogen) atoms. The summed E-state index contributed by atoms with van der Waals surface area (Å²) in [5, 5.41) is 2.76. The van der Waals surface area contributed by atoms with Gasteiger partial charge in [-0.05, 0) is 24.6 Å². The maximum atomic E-state index is 13.2. The van der Waals surface area contributed by atoms with Gasteiger partial charge >= 0.3 is 12.0 Å². The number of thioether (sulfide) groups is 1. The SMILES string of the molecule is CCOC(=O)CSC1=NC2C(C(=O)NC(=O)N2C)N1Cc1ccc(F)cc1. The van der Waals surface area contributed by atoms with Gasteiger partial charge in [0.25, 0.3) is 5.91 Å². The zero-order valence-corrected chi connectivity index (χ0v) is 15.7. The summed E-state index contributed by atoms with van der Waals surface area (Å²) in [5.41, 5.74) is 0.772. The molecule has 2 aliphatic rings. The Morgan fingerprint density at radius 3 is 2.70 bits per heavy atom. The fraction of sp³-hybridized carbons (Fsp3) is 0.412. The van der Waals surface area contributed by atoms with E-state index in [1.807, 2.05) is 0 Å². The van der Waals surface area contributed by atoms with Crippen LogP contribution >= 0.6 is 11.8 Å². The lowest BCUT2D eigenvalue weighted by Crippen LogP contribution is -2.63. The summed E-state index contributed by atoms with van der Waals surface area (Å²) < 4.78 is 18.1. The van der Waals surface area contributed by atoms with Crippen molar-refractivity contribution in [1.29, 1.82) is 0 Å². The van der Waals surface area contributed by atoms with Crippen LogP contribution in [0.1, 0.15) is 12.5 Å². The maximum Gasteiger partial charge on any atom is 0.325 e. The summed E-state index contributed by atoms with van der Waals surface area (Å²) in [6, 6.07) is 4.66. The van der Waals surface area contributed by atoms with E-state index in [1.165, 1.54) is 17.0 Å². The molecule has 1 aromatic rings. The molecule has 0 spiro atoms. The molecule has 0 bridgehead atoms. The van der Waals surface area contributed by atoms with Crippen LogP contribution in [0, 0.1) is 5.82 Å². The highest BCUT2D eigenvalue weighted by Gasteiger charge is 2.48. The van der Waals surface area contributed by atoms with Crippen molar-refractivity contribution >= 4 is 34.8 Å². The van der Waals surface area contributed by atoms with Gasteiger partial charge in [-0.1, -0.05) is 23.9 Å². The molecule has 2 atom stereocenters. The number of imide groups is 1. The average molecular weight is 394 g/mol. The summed E-state index contributed by atoms with van der Waals surface area (Å²) in [6.07, 6.45) is -0.684. The molecule has 144 valence electrons. The fourth-order valence-corrected chi connectivity index (χ4v) is 3.76. The van der Waals surface area contributed by atoms with Crippen molar-refractivity contribution in [2.45, 2.75) is 25.7 Å². The number of hydrogen-bond acceptors (Lipinski definition) is 7. The van der Waals surface area contributed by atoms with Gasteiger partial charge in [0.15, 0.2) is 17.4 Å². The number of amides is 3. The van der Waals surface area contributed by atoms with Gasteiger partial charge in [-0.15, -0.1) is 0 Å². The van der Waals surface area contributed by atoms with E-state index in [4.69, 9.17) is 4.74 Å². The first-order valence-electron chi connectivity index (χ1n) is 8.35.